The lowest BCUT2D eigenvalue weighted by Crippen LogP contribution is -2.23. The number of likely N-dealkylation sites (N-methyl/N-ethyl adjacent to an activating group) is 1. The van der Waals surface area contributed by atoms with E-state index in [-0.39, 0.29) is 5.91 Å². The highest BCUT2D eigenvalue weighted by atomic mass is 35.5. The van der Waals surface area contributed by atoms with Crippen LogP contribution >= 0.6 is 11.6 Å². The maximum absolute atomic E-state index is 12.0. The van der Waals surface area contributed by atoms with Crippen molar-refractivity contribution in [1.82, 2.24) is 14.7 Å². The lowest BCUT2D eigenvalue weighted by atomic mass is 10.2. The van der Waals surface area contributed by atoms with Crippen LogP contribution in [0.4, 0.5) is 0 Å². The Morgan fingerprint density at radius 3 is 2.71 bits per heavy atom. The first-order valence-electron chi connectivity index (χ1n) is 6.78. The van der Waals surface area contributed by atoms with Crippen LogP contribution in [0.25, 0.3) is 6.08 Å². The third-order valence-electron chi connectivity index (χ3n) is 3.10. The number of carbonyl (C=O) groups excluding carboxylic acids is 1. The largest absolute Gasteiger partial charge is 0.338 e. The molecule has 0 N–H and O–H groups in total. The zero-order valence-electron chi connectivity index (χ0n) is 12.2. The molecule has 0 saturated carbocycles. The van der Waals surface area contributed by atoms with E-state index in [1.54, 1.807) is 42.4 Å². The fourth-order valence-corrected chi connectivity index (χ4v) is 2.01. The molecule has 2 aromatic rings. The highest BCUT2D eigenvalue weighted by Gasteiger charge is 2.07. The van der Waals surface area contributed by atoms with E-state index in [0.29, 0.717) is 11.6 Å². The van der Waals surface area contributed by atoms with Gasteiger partial charge in [-0.25, -0.2) is 0 Å². The highest BCUT2D eigenvalue weighted by molar-refractivity contribution is 6.30. The molecule has 1 aromatic carbocycles. The zero-order valence-corrected chi connectivity index (χ0v) is 12.9. The van der Waals surface area contributed by atoms with Crippen LogP contribution in [0, 0.1) is 0 Å². The van der Waals surface area contributed by atoms with Gasteiger partial charge >= 0.3 is 0 Å². The Bertz CT molecular complexity index is 631. The third-order valence-corrected chi connectivity index (χ3v) is 3.35. The molecule has 0 bridgehead atoms. The van der Waals surface area contributed by atoms with Crippen molar-refractivity contribution < 1.29 is 4.79 Å². The predicted octanol–water partition coefficient (Wildman–Crippen LogP) is 3.23. The Balaban J connectivity index is 1.94. The predicted molar refractivity (Wildman–Crippen MR) is 84.9 cm³/mol. The van der Waals surface area contributed by atoms with Gasteiger partial charge in [-0.2, -0.15) is 5.10 Å². The minimum atomic E-state index is -0.0470. The van der Waals surface area contributed by atoms with Crippen LogP contribution in [0.5, 0.6) is 0 Å². The number of rotatable bonds is 5. The summed E-state index contributed by atoms with van der Waals surface area (Å²) in [6, 6.07) is 7.35. The van der Waals surface area contributed by atoms with E-state index >= 15 is 0 Å². The molecule has 1 heterocycles. The van der Waals surface area contributed by atoms with E-state index in [2.05, 4.69) is 5.10 Å². The summed E-state index contributed by atoms with van der Waals surface area (Å²) in [6.07, 6.45) is 7.08. The monoisotopic (exact) mass is 303 g/mol. The quantitative estimate of drug-likeness (QED) is 0.795. The summed E-state index contributed by atoms with van der Waals surface area (Å²) in [5, 5.41) is 4.88. The number of carbonyl (C=O) groups is 1. The van der Waals surface area contributed by atoms with Gasteiger partial charge in [0.2, 0.25) is 5.91 Å². The molecular formula is C16H18ClN3O. The second kappa shape index (κ2) is 7.09. The summed E-state index contributed by atoms with van der Waals surface area (Å²) in [5.41, 5.74) is 1.97. The topological polar surface area (TPSA) is 38.1 Å². The summed E-state index contributed by atoms with van der Waals surface area (Å²) < 4.78 is 1.84. The number of hydrogen-bond donors (Lipinski definition) is 0. The fourth-order valence-electron chi connectivity index (χ4n) is 1.88. The van der Waals surface area contributed by atoms with Gasteiger partial charge in [-0.05, 0) is 30.7 Å². The van der Waals surface area contributed by atoms with Crippen LogP contribution < -0.4 is 0 Å². The van der Waals surface area contributed by atoms with E-state index in [1.807, 2.05) is 29.9 Å². The Labute approximate surface area is 129 Å². The molecule has 0 radical (unpaired) electrons. The summed E-state index contributed by atoms with van der Waals surface area (Å²) in [6.45, 7) is 3.40. The minimum absolute atomic E-state index is 0.0470. The number of aromatic nitrogens is 2. The van der Waals surface area contributed by atoms with Crippen molar-refractivity contribution >= 4 is 23.6 Å². The average molecular weight is 304 g/mol. The van der Waals surface area contributed by atoms with Crippen molar-refractivity contribution in [3.05, 3.63) is 58.9 Å². The van der Waals surface area contributed by atoms with Gasteiger partial charge in [0.05, 0.1) is 6.20 Å². The lowest BCUT2D eigenvalue weighted by Gasteiger charge is -2.13. The van der Waals surface area contributed by atoms with Crippen molar-refractivity contribution in [2.75, 3.05) is 7.05 Å². The zero-order chi connectivity index (χ0) is 15.2. The molecule has 2 rings (SSSR count). The normalized spacial score (nSPS) is 11.0. The Hall–Kier alpha value is -2.07. The Morgan fingerprint density at radius 1 is 1.38 bits per heavy atom. The van der Waals surface area contributed by atoms with Crippen molar-refractivity contribution in [2.24, 2.45) is 0 Å². The van der Waals surface area contributed by atoms with E-state index in [0.717, 1.165) is 17.7 Å². The first-order valence-corrected chi connectivity index (χ1v) is 7.16. The van der Waals surface area contributed by atoms with Crippen molar-refractivity contribution in [1.29, 1.82) is 0 Å². The maximum atomic E-state index is 12.0. The second-order valence-corrected chi connectivity index (χ2v) is 5.22. The van der Waals surface area contributed by atoms with Crippen LogP contribution in [0.2, 0.25) is 5.02 Å². The molecular weight excluding hydrogens is 286 g/mol. The number of nitrogens with zero attached hydrogens (tertiary/aromatic N) is 3. The summed E-state index contributed by atoms with van der Waals surface area (Å²) in [5.74, 6) is -0.0470. The molecule has 1 amide bonds. The lowest BCUT2D eigenvalue weighted by molar-refractivity contribution is -0.125. The van der Waals surface area contributed by atoms with Crippen molar-refractivity contribution in [3.8, 4) is 0 Å². The number of benzene rings is 1. The summed E-state index contributed by atoms with van der Waals surface area (Å²) in [7, 11) is 1.78. The maximum Gasteiger partial charge on any atom is 0.246 e. The molecule has 0 saturated heterocycles. The molecule has 21 heavy (non-hydrogen) atoms. The van der Waals surface area contributed by atoms with Gasteiger partial charge in [-0.3, -0.25) is 9.48 Å². The van der Waals surface area contributed by atoms with Crippen molar-refractivity contribution in [2.45, 2.75) is 20.0 Å². The number of hydrogen-bond acceptors (Lipinski definition) is 2. The molecule has 5 heteroatoms. The van der Waals surface area contributed by atoms with E-state index in [1.165, 1.54) is 0 Å². The third kappa shape index (κ3) is 4.46. The van der Waals surface area contributed by atoms with Crippen LogP contribution in [0.15, 0.2) is 42.7 Å². The van der Waals surface area contributed by atoms with Gasteiger partial charge < -0.3 is 4.90 Å². The van der Waals surface area contributed by atoms with Crippen molar-refractivity contribution in [3.63, 3.8) is 0 Å². The van der Waals surface area contributed by atoms with Gasteiger partial charge in [-0.15, -0.1) is 0 Å². The average Bonchev–Trinajstić information content (AvgIpc) is 2.94. The van der Waals surface area contributed by atoms with Gasteiger partial charge in [0.25, 0.3) is 0 Å². The molecule has 4 nitrogen and oxygen atoms in total. The van der Waals surface area contributed by atoms with Crippen LogP contribution in [-0.4, -0.2) is 27.6 Å². The molecule has 0 aliphatic rings. The van der Waals surface area contributed by atoms with Gasteiger partial charge in [0.15, 0.2) is 0 Å². The molecule has 0 unspecified atom stereocenters. The van der Waals surface area contributed by atoms with Crippen LogP contribution in [-0.2, 0) is 17.9 Å². The fraction of sp³-hybridized carbons (Fsp3) is 0.250. The van der Waals surface area contributed by atoms with E-state index < -0.39 is 0 Å². The standard InChI is InChI=1S/C16H18ClN3O/c1-3-20-12-14(10-18-20)11-19(2)16(21)9-6-13-4-7-15(17)8-5-13/h4-10,12H,3,11H2,1-2H3/b9-6+. The summed E-state index contributed by atoms with van der Waals surface area (Å²) >= 11 is 5.82. The molecule has 0 spiro atoms. The van der Waals surface area contributed by atoms with Gasteiger partial charge in [0, 0.05) is 43.0 Å². The van der Waals surface area contributed by atoms with E-state index in [9.17, 15) is 4.79 Å². The van der Waals surface area contributed by atoms with Crippen LogP contribution in [0.3, 0.4) is 0 Å². The van der Waals surface area contributed by atoms with E-state index in [4.69, 9.17) is 11.6 Å². The molecule has 0 aliphatic carbocycles. The number of aryl methyl sites for hydroxylation is 1. The van der Waals surface area contributed by atoms with Crippen LogP contribution in [0.1, 0.15) is 18.1 Å². The molecule has 110 valence electrons. The SMILES string of the molecule is CCn1cc(CN(C)C(=O)/C=C/c2ccc(Cl)cc2)cn1. The first-order chi connectivity index (χ1) is 10.1. The van der Waals surface area contributed by atoms with Gasteiger partial charge in [0.1, 0.15) is 0 Å². The number of halogens is 1. The molecule has 0 aliphatic heterocycles. The Morgan fingerprint density at radius 2 is 2.10 bits per heavy atom. The molecule has 0 fully saturated rings. The molecule has 0 atom stereocenters. The molecule has 1 aromatic heterocycles. The summed E-state index contributed by atoms with van der Waals surface area (Å²) in [4.78, 5) is 13.7. The van der Waals surface area contributed by atoms with Gasteiger partial charge in [-0.1, -0.05) is 23.7 Å². The Kier molecular flexibility index (Phi) is 5.17. The second-order valence-electron chi connectivity index (χ2n) is 4.78. The number of amides is 1. The first kappa shape index (κ1) is 15.3. The smallest absolute Gasteiger partial charge is 0.246 e. The minimum Gasteiger partial charge on any atom is -0.338 e. The highest BCUT2D eigenvalue weighted by Crippen LogP contribution is 2.11.